The number of sulfone groups is 1. The van der Waals surface area contributed by atoms with Gasteiger partial charge in [-0.25, -0.2) is 8.42 Å². The summed E-state index contributed by atoms with van der Waals surface area (Å²) in [6.07, 6.45) is 2.69. The van der Waals surface area contributed by atoms with Gasteiger partial charge in [0.25, 0.3) is 0 Å². The summed E-state index contributed by atoms with van der Waals surface area (Å²) in [4.78, 5) is 11.0. The Hall–Kier alpha value is -1.56. The van der Waals surface area contributed by atoms with Gasteiger partial charge in [0.05, 0.1) is 13.5 Å². The Morgan fingerprint density at radius 3 is 2.47 bits per heavy atom. The van der Waals surface area contributed by atoms with Crippen LogP contribution in [0, 0.1) is 0 Å². The van der Waals surface area contributed by atoms with E-state index in [2.05, 4.69) is 0 Å². The number of carboxylic acids is 1. The highest BCUT2D eigenvalue weighted by Crippen LogP contribution is 2.51. The zero-order valence-corrected chi connectivity index (χ0v) is 11.7. The van der Waals surface area contributed by atoms with Gasteiger partial charge in [0.15, 0.2) is 9.84 Å². The van der Waals surface area contributed by atoms with Crippen molar-refractivity contribution < 1.29 is 23.1 Å². The van der Waals surface area contributed by atoms with Crippen LogP contribution in [-0.4, -0.2) is 32.9 Å². The lowest BCUT2D eigenvalue weighted by molar-refractivity contribution is -0.137. The van der Waals surface area contributed by atoms with Crippen LogP contribution in [0.3, 0.4) is 0 Å². The molecule has 0 radical (unpaired) electrons. The van der Waals surface area contributed by atoms with Crippen molar-refractivity contribution in [2.75, 3.05) is 13.4 Å². The van der Waals surface area contributed by atoms with Crippen LogP contribution in [0.1, 0.15) is 24.8 Å². The SMILES string of the molecule is COc1ccc(C2(CC(=O)O)CC2)cc1S(C)(=O)=O. The van der Waals surface area contributed by atoms with Crippen LogP contribution in [0.5, 0.6) is 5.75 Å². The molecule has 1 aliphatic rings. The summed E-state index contributed by atoms with van der Waals surface area (Å²) in [5, 5.41) is 8.94. The quantitative estimate of drug-likeness (QED) is 0.888. The summed E-state index contributed by atoms with van der Waals surface area (Å²) in [5.74, 6) is -0.577. The number of aliphatic carboxylic acids is 1. The second kappa shape index (κ2) is 4.52. The van der Waals surface area contributed by atoms with E-state index in [1.165, 1.54) is 7.11 Å². The molecule has 5 nitrogen and oxygen atoms in total. The van der Waals surface area contributed by atoms with Crippen molar-refractivity contribution in [3.05, 3.63) is 23.8 Å². The number of benzene rings is 1. The molecule has 1 saturated carbocycles. The molecule has 0 unspecified atom stereocenters. The lowest BCUT2D eigenvalue weighted by Crippen LogP contribution is -2.14. The van der Waals surface area contributed by atoms with Gasteiger partial charge in [-0.1, -0.05) is 6.07 Å². The van der Waals surface area contributed by atoms with Gasteiger partial charge >= 0.3 is 5.97 Å². The number of rotatable bonds is 5. The van der Waals surface area contributed by atoms with Crippen LogP contribution in [0.2, 0.25) is 0 Å². The number of methoxy groups -OCH3 is 1. The first-order chi connectivity index (χ1) is 8.78. The number of carbonyl (C=O) groups is 1. The highest BCUT2D eigenvalue weighted by Gasteiger charge is 2.46. The van der Waals surface area contributed by atoms with Gasteiger partial charge in [0.1, 0.15) is 10.6 Å². The summed E-state index contributed by atoms with van der Waals surface area (Å²) < 4.78 is 28.5. The molecule has 1 aromatic carbocycles. The molecule has 2 rings (SSSR count). The summed E-state index contributed by atoms with van der Waals surface area (Å²) in [7, 11) is -1.99. The molecule has 0 bridgehead atoms. The van der Waals surface area contributed by atoms with Gasteiger partial charge in [-0.05, 0) is 30.5 Å². The highest BCUT2D eigenvalue weighted by atomic mass is 32.2. The van der Waals surface area contributed by atoms with Gasteiger partial charge < -0.3 is 9.84 Å². The minimum absolute atomic E-state index is 0.0303. The molecule has 0 aromatic heterocycles. The second-order valence-corrected chi connectivity index (χ2v) is 6.97. The number of ether oxygens (including phenoxy) is 1. The maximum atomic E-state index is 11.7. The van der Waals surface area contributed by atoms with E-state index in [1.807, 2.05) is 0 Å². The number of hydrogen-bond acceptors (Lipinski definition) is 4. The maximum Gasteiger partial charge on any atom is 0.304 e. The van der Waals surface area contributed by atoms with Crippen molar-refractivity contribution in [1.82, 2.24) is 0 Å². The predicted molar refractivity (Wildman–Crippen MR) is 69.3 cm³/mol. The van der Waals surface area contributed by atoms with E-state index in [9.17, 15) is 13.2 Å². The third-order valence-corrected chi connectivity index (χ3v) is 4.64. The van der Waals surface area contributed by atoms with E-state index >= 15 is 0 Å². The largest absolute Gasteiger partial charge is 0.495 e. The van der Waals surface area contributed by atoms with E-state index in [4.69, 9.17) is 9.84 Å². The normalized spacial score (nSPS) is 16.9. The maximum absolute atomic E-state index is 11.7. The monoisotopic (exact) mass is 284 g/mol. The van der Waals surface area contributed by atoms with Crippen molar-refractivity contribution in [2.24, 2.45) is 0 Å². The van der Waals surface area contributed by atoms with Crippen molar-refractivity contribution in [3.63, 3.8) is 0 Å². The second-order valence-electron chi connectivity index (χ2n) is 4.99. The Bertz CT molecular complexity index is 614. The van der Waals surface area contributed by atoms with E-state index in [0.717, 1.165) is 24.7 Å². The molecule has 0 heterocycles. The average molecular weight is 284 g/mol. The summed E-state index contributed by atoms with van der Waals surface area (Å²) >= 11 is 0. The zero-order chi connectivity index (χ0) is 14.3. The number of hydrogen-bond donors (Lipinski definition) is 1. The molecule has 0 aliphatic heterocycles. The Labute approximate surface area is 112 Å². The Kier molecular flexibility index (Phi) is 3.30. The smallest absolute Gasteiger partial charge is 0.304 e. The van der Waals surface area contributed by atoms with Crippen LogP contribution < -0.4 is 4.74 Å². The van der Waals surface area contributed by atoms with Crippen molar-refractivity contribution in [1.29, 1.82) is 0 Å². The van der Waals surface area contributed by atoms with Gasteiger partial charge in [0.2, 0.25) is 0 Å². The summed E-state index contributed by atoms with van der Waals surface area (Å²) in [6, 6.07) is 4.89. The van der Waals surface area contributed by atoms with E-state index < -0.39 is 21.2 Å². The molecule has 104 valence electrons. The molecular formula is C13H16O5S. The molecule has 0 atom stereocenters. The Balaban J connectivity index is 2.48. The molecular weight excluding hydrogens is 268 g/mol. The molecule has 0 amide bonds. The first-order valence-electron chi connectivity index (χ1n) is 5.89. The highest BCUT2D eigenvalue weighted by molar-refractivity contribution is 7.90. The molecule has 1 fully saturated rings. The fourth-order valence-corrected chi connectivity index (χ4v) is 3.16. The van der Waals surface area contributed by atoms with Crippen LogP contribution in [0.25, 0.3) is 0 Å². The van der Waals surface area contributed by atoms with Crippen molar-refractivity contribution in [3.8, 4) is 5.75 Å². The first-order valence-corrected chi connectivity index (χ1v) is 7.78. The molecule has 0 saturated heterocycles. The van der Waals surface area contributed by atoms with Crippen LogP contribution in [0.15, 0.2) is 23.1 Å². The molecule has 6 heteroatoms. The zero-order valence-electron chi connectivity index (χ0n) is 10.8. The molecule has 1 aliphatic carbocycles. The standard InChI is InChI=1S/C13H16O5S/c1-18-10-4-3-9(7-11(10)19(2,16)17)13(5-6-13)8-12(14)15/h3-4,7H,5-6,8H2,1-2H3,(H,14,15). The van der Waals surface area contributed by atoms with E-state index in [0.29, 0.717) is 0 Å². The van der Waals surface area contributed by atoms with E-state index in [1.54, 1.807) is 18.2 Å². The minimum atomic E-state index is -3.40. The third kappa shape index (κ3) is 2.73. The summed E-state index contributed by atoms with van der Waals surface area (Å²) in [5.41, 5.74) is 0.355. The molecule has 1 aromatic rings. The van der Waals surface area contributed by atoms with Crippen LogP contribution in [0.4, 0.5) is 0 Å². The molecule has 0 spiro atoms. The van der Waals surface area contributed by atoms with Gasteiger partial charge in [-0.3, -0.25) is 4.79 Å². The van der Waals surface area contributed by atoms with Gasteiger partial charge in [-0.15, -0.1) is 0 Å². The van der Waals surface area contributed by atoms with Gasteiger partial charge in [-0.2, -0.15) is 0 Å². The topological polar surface area (TPSA) is 80.7 Å². The molecule has 19 heavy (non-hydrogen) atoms. The van der Waals surface area contributed by atoms with Gasteiger partial charge in [0, 0.05) is 11.7 Å². The van der Waals surface area contributed by atoms with Crippen molar-refractivity contribution >= 4 is 15.8 Å². The van der Waals surface area contributed by atoms with Crippen LogP contribution >= 0.6 is 0 Å². The van der Waals surface area contributed by atoms with Crippen LogP contribution in [-0.2, 0) is 20.0 Å². The average Bonchev–Trinajstić information content (AvgIpc) is 3.07. The fourth-order valence-electron chi connectivity index (χ4n) is 2.30. The third-order valence-electron chi connectivity index (χ3n) is 3.52. The first kappa shape index (κ1) is 13.9. The lowest BCUT2D eigenvalue weighted by atomic mass is 9.92. The summed E-state index contributed by atoms with van der Waals surface area (Å²) in [6.45, 7) is 0. The predicted octanol–water partition coefficient (Wildman–Crippen LogP) is 1.60. The Morgan fingerprint density at radius 2 is 2.05 bits per heavy atom. The molecule has 1 N–H and O–H groups in total. The fraction of sp³-hybridized carbons (Fsp3) is 0.462. The lowest BCUT2D eigenvalue weighted by Gasteiger charge is -2.15. The van der Waals surface area contributed by atoms with Crippen molar-refractivity contribution in [2.45, 2.75) is 29.6 Å². The van der Waals surface area contributed by atoms with E-state index in [-0.39, 0.29) is 17.1 Å². The Morgan fingerprint density at radius 1 is 1.42 bits per heavy atom. The number of carboxylic acid groups (broad SMARTS) is 1. The minimum Gasteiger partial charge on any atom is -0.495 e.